The maximum absolute atomic E-state index is 12.1. The van der Waals surface area contributed by atoms with Crippen LogP contribution in [0.5, 0.6) is 0 Å². The highest BCUT2D eigenvalue weighted by Crippen LogP contribution is 2.39. The Kier molecular flexibility index (Phi) is 4.19. The van der Waals surface area contributed by atoms with Crippen LogP contribution in [0.3, 0.4) is 0 Å². The predicted octanol–water partition coefficient (Wildman–Crippen LogP) is 3.69. The van der Waals surface area contributed by atoms with Gasteiger partial charge in [-0.25, -0.2) is 0 Å². The van der Waals surface area contributed by atoms with E-state index in [-0.39, 0.29) is 17.8 Å². The highest BCUT2D eigenvalue weighted by Gasteiger charge is 2.33. The van der Waals surface area contributed by atoms with Crippen LogP contribution in [0, 0.1) is 5.92 Å². The largest absolute Gasteiger partial charge is 0.469 e. The third kappa shape index (κ3) is 2.63. The number of methoxy groups -OCH3 is 1. The number of carbonyl (C=O) groups is 1. The fraction of sp³-hybridized carbons (Fsp3) is 0.438. The van der Waals surface area contributed by atoms with Crippen LogP contribution in [0.15, 0.2) is 42.5 Å². The molecule has 1 fully saturated rings. The fourth-order valence-electron chi connectivity index (χ4n) is 2.83. The van der Waals surface area contributed by atoms with Crippen LogP contribution in [-0.4, -0.2) is 13.1 Å². The van der Waals surface area contributed by atoms with Crippen molar-refractivity contribution in [3.8, 4) is 0 Å². The molecule has 18 heavy (non-hydrogen) atoms. The molecule has 1 aromatic carbocycles. The van der Waals surface area contributed by atoms with Gasteiger partial charge in [0.15, 0.2) is 0 Å². The number of carbonyl (C=O) groups excluding carboxylic acids is 1. The zero-order valence-electron chi connectivity index (χ0n) is 10.9. The first-order chi connectivity index (χ1) is 8.74. The van der Waals surface area contributed by atoms with E-state index in [1.165, 1.54) is 25.5 Å². The standard InChI is InChI=1S/C16H20O2/c1-12-8-6-7-11-14(12)15(16(17)18-2)13-9-4-3-5-10-13/h3-5,9-10,14-15H,1,6-8,11H2,2H3. The molecule has 96 valence electrons. The number of esters is 1. The maximum atomic E-state index is 12.1. The van der Waals surface area contributed by atoms with Crippen molar-refractivity contribution in [2.24, 2.45) is 5.92 Å². The van der Waals surface area contributed by atoms with E-state index in [9.17, 15) is 4.79 Å². The van der Waals surface area contributed by atoms with E-state index in [1.807, 2.05) is 30.3 Å². The normalized spacial score (nSPS) is 21.4. The fourth-order valence-corrected chi connectivity index (χ4v) is 2.83. The molecule has 0 spiro atoms. The molecule has 1 aliphatic rings. The molecule has 0 radical (unpaired) electrons. The van der Waals surface area contributed by atoms with Gasteiger partial charge in [-0.1, -0.05) is 48.9 Å². The van der Waals surface area contributed by atoms with Gasteiger partial charge < -0.3 is 4.74 Å². The first-order valence-electron chi connectivity index (χ1n) is 6.54. The van der Waals surface area contributed by atoms with E-state index in [0.717, 1.165) is 18.4 Å². The molecular formula is C16H20O2. The number of ether oxygens (including phenoxy) is 1. The lowest BCUT2D eigenvalue weighted by molar-refractivity contribution is -0.143. The second kappa shape index (κ2) is 5.85. The van der Waals surface area contributed by atoms with Crippen molar-refractivity contribution in [1.29, 1.82) is 0 Å². The predicted molar refractivity (Wildman–Crippen MR) is 72.3 cm³/mol. The summed E-state index contributed by atoms with van der Waals surface area (Å²) in [7, 11) is 1.46. The minimum absolute atomic E-state index is 0.144. The van der Waals surface area contributed by atoms with Gasteiger partial charge in [0, 0.05) is 0 Å². The Bertz CT molecular complexity index is 422. The number of benzene rings is 1. The Morgan fingerprint density at radius 2 is 2.06 bits per heavy atom. The summed E-state index contributed by atoms with van der Waals surface area (Å²) < 4.78 is 4.99. The molecule has 0 aliphatic heterocycles. The first-order valence-corrected chi connectivity index (χ1v) is 6.54. The number of rotatable bonds is 3. The summed E-state index contributed by atoms with van der Waals surface area (Å²) in [4.78, 5) is 12.1. The molecular weight excluding hydrogens is 224 g/mol. The molecule has 0 saturated heterocycles. The van der Waals surface area contributed by atoms with E-state index in [2.05, 4.69) is 6.58 Å². The van der Waals surface area contributed by atoms with Crippen LogP contribution in [0.2, 0.25) is 0 Å². The summed E-state index contributed by atoms with van der Waals surface area (Å²) in [5.41, 5.74) is 2.23. The summed E-state index contributed by atoms with van der Waals surface area (Å²) in [5, 5.41) is 0. The van der Waals surface area contributed by atoms with Crippen molar-refractivity contribution in [2.45, 2.75) is 31.6 Å². The van der Waals surface area contributed by atoms with Crippen molar-refractivity contribution in [2.75, 3.05) is 7.11 Å². The monoisotopic (exact) mass is 244 g/mol. The van der Waals surface area contributed by atoms with E-state index in [1.54, 1.807) is 0 Å². The quantitative estimate of drug-likeness (QED) is 0.598. The van der Waals surface area contributed by atoms with Gasteiger partial charge in [-0.15, -0.1) is 0 Å². The molecule has 1 aromatic rings. The Morgan fingerprint density at radius 3 is 2.67 bits per heavy atom. The Morgan fingerprint density at radius 1 is 1.33 bits per heavy atom. The van der Waals surface area contributed by atoms with E-state index in [4.69, 9.17) is 4.74 Å². The number of allylic oxidation sites excluding steroid dienone is 1. The van der Waals surface area contributed by atoms with Gasteiger partial charge in [0.1, 0.15) is 0 Å². The molecule has 0 heterocycles. The van der Waals surface area contributed by atoms with Crippen LogP contribution < -0.4 is 0 Å². The third-order valence-electron chi connectivity index (χ3n) is 3.80. The second-order valence-electron chi connectivity index (χ2n) is 4.92. The van der Waals surface area contributed by atoms with Crippen LogP contribution in [-0.2, 0) is 9.53 Å². The van der Waals surface area contributed by atoms with E-state index < -0.39 is 0 Å². The van der Waals surface area contributed by atoms with Crippen molar-refractivity contribution < 1.29 is 9.53 Å². The van der Waals surface area contributed by atoms with Crippen LogP contribution in [0.1, 0.15) is 37.2 Å². The van der Waals surface area contributed by atoms with Gasteiger partial charge in [-0.05, 0) is 30.7 Å². The number of hydrogen-bond donors (Lipinski definition) is 0. The van der Waals surface area contributed by atoms with Crippen molar-refractivity contribution in [3.05, 3.63) is 48.0 Å². The van der Waals surface area contributed by atoms with Crippen molar-refractivity contribution in [3.63, 3.8) is 0 Å². The topological polar surface area (TPSA) is 26.3 Å². The van der Waals surface area contributed by atoms with E-state index in [0.29, 0.717) is 0 Å². The molecule has 1 saturated carbocycles. The smallest absolute Gasteiger partial charge is 0.313 e. The summed E-state index contributed by atoms with van der Waals surface area (Å²) in [6.45, 7) is 4.15. The lowest BCUT2D eigenvalue weighted by Gasteiger charge is -2.30. The second-order valence-corrected chi connectivity index (χ2v) is 4.92. The first kappa shape index (κ1) is 12.9. The highest BCUT2D eigenvalue weighted by molar-refractivity contribution is 5.79. The van der Waals surface area contributed by atoms with Crippen LogP contribution in [0.25, 0.3) is 0 Å². The molecule has 0 N–H and O–H groups in total. The lowest BCUT2D eigenvalue weighted by atomic mass is 9.74. The molecule has 0 amide bonds. The number of hydrogen-bond acceptors (Lipinski definition) is 2. The minimum Gasteiger partial charge on any atom is -0.469 e. The molecule has 2 rings (SSSR count). The zero-order valence-corrected chi connectivity index (χ0v) is 10.9. The van der Waals surface area contributed by atoms with Crippen molar-refractivity contribution >= 4 is 5.97 Å². The molecule has 2 unspecified atom stereocenters. The van der Waals surface area contributed by atoms with Crippen molar-refractivity contribution in [1.82, 2.24) is 0 Å². The van der Waals surface area contributed by atoms with Gasteiger partial charge in [0.25, 0.3) is 0 Å². The Balaban J connectivity index is 2.30. The average Bonchev–Trinajstić information content (AvgIpc) is 2.42. The van der Waals surface area contributed by atoms with Gasteiger partial charge in [-0.3, -0.25) is 4.79 Å². The third-order valence-corrected chi connectivity index (χ3v) is 3.80. The highest BCUT2D eigenvalue weighted by atomic mass is 16.5. The van der Waals surface area contributed by atoms with Gasteiger partial charge >= 0.3 is 5.97 Å². The average molecular weight is 244 g/mol. The molecule has 1 aliphatic carbocycles. The van der Waals surface area contributed by atoms with Gasteiger partial charge in [-0.2, -0.15) is 0 Å². The molecule has 0 bridgehead atoms. The summed E-state index contributed by atoms with van der Waals surface area (Å²) in [5.74, 6) is -0.105. The molecule has 2 heteroatoms. The molecule has 2 atom stereocenters. The molecule has 2 nitrogen and oxygen atoms in total. The minimum atomic E-state index is -0.191. The maximum Gasteiger partial charge on any atom is 0.313 e. The summed E-state index contributed by atoms with van der Waals surface area (Å²) in [6.07, 6.45) is 4.43. The SMILES string of the molecule is C=C1CCCCC1C(C(=O)OC)c1ccccc1. The van der Waals surface area contributed by atoms with Gasteiger partial charge in [0.05, 0.1) is 13.0 Å². The van der Waals surface area contributed by atoms with Gasteiger partial charge in [0.2, 0.25) is 0 Å². The van der Waals surface area contributed by atoms with Crippen LogP contribution in [0.4, 0.5) is 0 Å². The lowest BCUT2D eigenvalue weighted by Crippen LogP contribution is -2.26. The Labute approximate surface area is 109 Å². The molecule has 0 aromatic heterocycles. The summed E-state index contributed by atoms with van der Waals surface area (Å²) in [6, 6.07) is 9.91. The Hall–Kier alpha value is -1.57. The summed E-state index contributed by atoms with van der Waals surface area (Å²) >= 11 is 0. The van der Waals surface area contributed by atoms with Crippen LogP contribution >= 0.6 is 0 Å². The van der Waals surface area contributed by atoms with E-state index >= 15 is 0 Å². The zero-order chi connectivity index (χ0) is 13.0.